The summed E-state index contributed by atoms with van der Waals surface area (Å²) < 4.78 is 4.99. The lowest BCUT2D eigenvalue weighted by atomic mass is 10.1. The molecule has 1 rings (SSSR count). The minimum absolute atomic E-state index is 0.212. The molecular weight excluding hydrogens is 202 g/mol. The molecule has 0 bridgehead atoms. The predicted molar refractivity (Wildman–Crippen MR) is 66.1 cm³/mol. The van der Waals surface area contributed by atoms with Crippen LogP contribution in [0.25, 0.3) is 0 Å². The topological polar surface area (TPSA) is 41.5 Å². The predicted octanol–water partition coefficient (Wildman–Crippen LogP) is 2.19. The molecule has 0 saturated carbocycles. The van der Waals surface area contributed by atoms with Crippen LogP contribution in [0.2, 0.25) is 0 Å². The first kappa shape index (κ1) is 12.8. The number of phenolic OH excluding ortho intramolecular Hbond substituents is 1. The molecule has 0 fully saturated rings. The van der Waals surface area contributed by atoms with Crippen molar-refractivity contribution in [3.05, 3.63) is 23.8 Å². The molecule has 0 aliphatic carbocycles. The van der Waals surface area contributed by atoms with E-state index in [4.69, 9.17) is 4.74 Å². The van der Waals surface area contributed by atoms with Gasteiger partial charge in [-0.3, -0.25) is 0 Å². The van der Waals surface area contributed by atoms with E-state index in [1.165, 1.54) is 0 Å². The largest absolute Gasteiger partial charge is 0.504 e. The molecule has 0 atom stereocenters. The summed E-state index contributed by atoms with van der Waals surface area (Å²) in [7, 11) is 1.55. The minimum atomic E-state index is 0.212. The van der Waals surface area contributed by atoms with Gasteiger partial charge in [0.1, 0.15) is 0 Å². The van der Waals surface area contributed by atoms with Crippen LogP contribution in [0.3, 0.4) is 0 Å². The van der Waals surface area contributed by atoms with E-state index in [9.17, 15) is 5.11 Å². The fourth-order valence-electron chi connectivity index (χ4n) is 1.51. The second-order valence-electron chi connectivity index (χ2n) is 4.35. The number of phenols is 1. The zero-order valence-electron chi connectivity index (χ0n) is 10.3. The Labute approximate surface area is 97.4 Å². The first-order chi connectivity index (χ1) is 7.63. The van der Waals surface area contributed by atoms with Crippen LogP contribution in [0, 0.1) is 5.92 Å². The third-order valence-electron chi connectivity index (χ3n) is 2.39. The number of benzene rings is 1. The van der Waals surface area contributed by atoms with Crippen molar-refractivity contribution >= 4 is 0 Å². The first-order valence-electron chi connectivity index (χ1n) is 5.70. The van der Waals surface area contributed by atoms with E-state index < -0.39 is 0 Å². The van der Waals surface area contributed by atoms with Gasteiger partial charge in [0.05, 0.1) is 7.11 Å². The Morgan fingerprint density at radius 2 is 2.12 bits per heavy atom. The highest BCUT2D eigenvalue weighted by Crippen LogP contribution is 2.26. The highest BCUT2D eigenvalue weighted by atomic mass is 16.5. The molecule has 0 aliphatic heterocycles. The van der Waals surface area contributed by atoms with Crippen molar-refractivity contribution in [1.29, 1.82) is 0 Å². The summed E-state index contributed by atoms with van der Waals surface area (Å²) >= 11 is 0. The smallest absolute Gasteiger partial charge is 0.160 e. The van der Waals surface area contributed by atoms with E-state index in [1.807, 2.05) is 6.07 Å². The summed E-state index contributed by atoms with van der Waals surface area (Å²) in [6.07, 6.45) is 0.921. The molecule has 1 aromatic carbocycles. The summed E-state index contributed by atoms with van der Waals surface area (Å²) in [6.45, 7) is 6.34. The highest BCUT2D eigenvalue weighted by molar-refractivity contribution is 5.41. The monoisotopic (exact) mass is 223 g/mol. The van der Waals surface area contributed by atoms with Crippen molar-refractivity contribution in [2.45, 2.75) is 20.3 Å². The molecule has 0 amide bonds. The Kier molecular flexibility index (Phi) is 5.12. The lowest BCUT2D eigenvalue weighted by molar-refractivity contribution is 0.373. The summed E-state index contributed by atoms with van der Waals surface area (Å²) in [4.78, 5) is 0. The second-order valence-corrected chi connectivity index (χ2v) is 4.35. The van der Waals surface area contributed by atoms with Crippen LogP contribution in [0.4, 0.5) is 0 Å². The van der Waals surface area contributed by atoms with E-state index in [0.29, 0.717) is 11.7 Å². The fourth-order valence-corrected chi connectivity index (χ4v) is 1.51. The number of ether oxygens (including phenoxy) is 1. The van der Waals surface area contributed by atoms with Crippen LogP contribution in [0.15, 0.2) is 18.2 Å². The third kappa shape index (κ3) is 4.11. The molecule has 0 radical (unpaired) electrons. The normalized spacial score (nSPS) is 10.8. The summed E-state index contributed by atoms with van der Waals surface area (Å²) in [5.74, 6) is 1.41. The summed E-state index contributed by atoms with van der Waals surface area (Å²) in [6, 6.07) is 5.54. The minimum Gasteiger partial charge on any atom is -0.504 e. The Bertz CT molecular complexity index is 324. The molecule has 90 valence electrons. The van der Waals surface area contributed by atoms with E-state index in [-0.39, 0.29) is 5.75 Å². The number of aromatic hydroxyl groups is 1. The van der Waals surface area contributed by atoms with E-state index in [1.54, 1.807) is 19.2 Å². The molecular formula is C13H21NO2. The van der Waals surface area contributed by atoms with Gasteiger partial charge in [-0.15, -0.1) is 0 Å². The molecule has 3 heteroatoms. The van der Waals surface area contributed by atoms with Gasteiger partial charge in [0.2, 0.25) is 0 Å². The Morgan fingerprint density at radius 1 is 1.38 bits per heavy atom. The molecule has 0 aromatic heterocycles. The molecule has 3 nitrogen and oxygen atoms in total. The lowest BCUT2D eigenvalue weighted by Gasteiger charge is -2.08. The maximum atomic E-state index is 9.59. The Morgan fingerprint density at radius 3 is 2.69 bits per heavy atom. The van der Waals surface area contributed by atoms with Gasteiger partial charge >= 0.3 is 0 Å². The van der Waals surface area contributed by atoms with Crippen LogP contribution >= 0.6 is 0 Å². The van der Waals surface area contributed by atoms with Gasteiger partial charge < -0.3 is 15.2 Å². The number of rotatable bonds is 6. The fraction of sp³-hybridized carbons (Fsp3) is 0.538. The summed E-state index contributed by atoms with van der Waals surface area (Å²) in [5.41, 5.74) is 1.12. The van der Waals surface area contributed by atoms with Gasteiger partial charge in [-0.25, -0.2) is 0 Å². The Hall–Kier alpha value is -1.22. The van der Waals surface area contributed by atoms with Gasteiger partial charge in [0, 0.05) is 0 Å². The molecule has 1 aromatic rings. The number of nitrogens with one attached hydrogen (secondary N) is 1. The Balaban J connectivity index is 2.40. The SMILES string of the molecule is COc1ccc(CCNCC(C)C)cc1O. The lowest BCUT2D eigenvalue weighted by Crippen LogP contribution is -2.22. The molecule has 16 heavy (non-hydrogen) atoms. The molecule has 0 aliphatic rings. The molecule has 0 unspecified atom stereocenters. The van der Waals surface area contributed by atoms with Crippen molar-refractivity contribution in [3.63, 3.8) is 0 Å². The van der Waals surface area contributed by atoms with Gasteiger partial charge in [0.25, 0.3) is 0 Å². The van der Waals surface area contributed by atoms with Crippen molar-refractivity contribution in [3.8, 4) is 11.5 Å². The average Bonchev–Trinajstić information content (AvgIpc) is 2.24. The van der Waals surface area contributed by atoms with Gasteiger partial charge in [-0.1, -0.05) is 19.9 Å². The zero-order valence-corrected chi connectivity index (χ0v) is 10.3. The molecule has 0 spiro atoms. The number of hydrogen-bond donors (Lipinski definition) is 2. The highest BCUT2D eigenvalue weighted by Gasteiger charge is 2.02. The van der Waals surface area contributed by atoms with Crippen molar-refractivity contribution < 1.29 is 9.84 Å². The van der Waals surface area contributed by atoms with Gasteiger partial charge in [-0.2, -0.15) is 0 Å². The van der Waals surface area contributed by atoms with E-state index >= 15 is 0 Å². The maximum Gasteiger partial charge on any atom is 0.160 e. The third-order valence-corrected chi connectivity index (χ3v) is 2.39. The van der Waals surface area contributed by atoms with Crippen LogP contribution in [0.1, 0.15) is 19.4 Å². The van der Waals surface area contributed by atoms with Crippen molar-refractivity contribution in [1.82, 2.24) is 5.32 Å². The van der Waals surface area contributed by atoms with E-state index in [2.05, 4.69) is 19.2 Å². The number of hydrogen-bond acceptors (Lipinski definition) is 3. The maximum absolute atomic E-state index is 9.59. The first-order valence-corrected chi connectivity index (χ1v) is 5.70. The van der Waals surface area contributed by atoms with Gasteiger partial charge in [0.15, 0.2) is 11.5 Å². The van der Waals surface area contributed by atoms with Crippen LogP contribution in [-0.4, -0.2) is 25.3 Å². The van der Waals surface area contributed by atoms with Crippen LogP contribution in [0.5, 0.6) is 11.5 Å². The van der Waals surface area contributed by atoms with E-state index in [0.717, 1.165) is 25.1 Å². The van der Waals surface area contributed by atoms with Gasteiger partial charge in [-0.05, 0) is 43.1 Å². The van der Waals surface area contributed by atoms with Crippen LogP contribution in [-0.2, 0) is 6.42 Å². The van der Waals surface area contributed by atoms with Crippen molar-refractivity contribution in [2.75, 3.05) is 20.2 Å². The molecule has 0 saturated heterocycles. The summed E-state index contributed by atoms with van der Waals surface area (Å²) in [5, 5.41) is 13.0. The molecule has 2 N–H and O–H groups in total. The number of methoxy groups -OCH3 is 1. The average molecular weight is 223 g/mol. The standard InChI is InChI=1S/C13H21NO2/c1-10(2)9-14-7-6-11-4-5-13(16-3)12(15)8-11/h4-5,8,10,14-15H,6-7,9H2,1-3H3. The van der Waals surface area contributed by atoms with Crippen LogP contribution < -0.4 is 10.1 Å². The van der Waals surface area contributed by atoms with Crippen molar-refractivity contribution in [2.24, 2.45) is 5.92 Å². The second kappa shape index (κ2) is 6.38. The quantitative estimate of drug-likeness (QED) is 0.726. The molecule has 0 heterocycles. The zero-order chi connectivity index (χ0) is 12.0.